The van der Waals surface area contributed by atoms with Crippen molar-refractivity contribution >= 4 is 28.1 Å². The third-order valence-corrected chi connectivity index (χ3v) is 8.26. The molecule has 0 aliphatic heterocycles. The van der Waals surface area contributed by atoms with Crippen molar-refractivity contribution in [2.75, 3.05) is 0 Å². The van der Waals surface area contributed by atoms with Crippen molar-refractivity contribution in [3.05, 3.63) is 99.4 Å². The van der Waals surface area contributed by atoms with Crippen molar-refractivity contribution < 1.29 is 14.6 Å². The van der Waals surface area contributed by atoms with Gasteiger partial charge in [-0.05, 0) is 80.1 Å². The Kier molecular flexibility index (Phi) is 6.97. The van der Waals surface area contributed by atoms with Crippen LogP contribution in [0, 0.1) is 6.92 Å². The number of ether oxygens (including phenoxy) is 1. The minimum Gasteiger partial charge on any atom is -0.384 e. The third kappa shape index (κ3) is 5.66. The standard InChI is InChI=1S/C32H33N5O3S/c1-20-11-21(16-40-17-24-18-41-19-33-24)5-6-25(20)30(38)36-32(9-10-32)27-12-22(23-14-34-37(4)15-23)13-28-26(27)7-8-29(35-28)31(2,3)39/h5-8,11-15,18-19,39H,9-10,16-17H2,1-4H3,(H,36,38). The van der Waals surface area contributed by atoms with Gasteiger partial charge >= 0.3 is 0 Å². The molecule has 1 aliphatic carbocycles. The number of aryl methyl sites for hydroxylation is 2. The molecule has 0 atom stereocenters. The Hall–Kier alpha value is -3.92. The maximum Gasteiger partial charge on any atom is 0.252 e. The summed E-state index contributed by atoms with van der Waals surface area (Å²) in [5.41, 5.74) is 8.06. The molecule has 0 unspecified atom stereocenters. The summed E-state index contributed by atoms with van der Waals surface area (Å²) in [4.78, 5) is 22.7. The number of carbonyl (C=O) groups excluding carboxylic acids is 1. The molecule has 2 N–H and O–H groups in total. The topological polar surface area (TPSA) is 102 Å². The molecular weight excluding hydrogens is 534 g/mol. The number of hydrogen-bond acceptors (Lipinski definition) is 7. The van der Waals surface area contributed by atoms with Crippen LogP contribution in [0.1, 0.15) is 65.1 Å². The number of aliphatic hydroxyl groups is 1. The van der Waals surface area contributed by atoms with E-state index in [-0.39, 0.29) is 5.91 Å². The Bertz CT molecular complexity index is 1730. The summed E-state index contributed by atoms with van der Waals surface area (Å²) >= 11 is 1.55. The van der Waals surface area contributed by atoms with E-state index in [0.717, 1.165) is 57.3 Å². The predicted octanol–water partition coefficient (Wildman–Crippen LogP) is 5.76. The molecule has 0 bridgehead atoms. The highest BCUT2D eigenvalue weighted by Crippen LogP contribution is 2.49. The summed E-state index contributed by atoms with van der Waals surface area (Å²) in [7, 11) is 1.89. The molecule has 41 heavy (non-hydrogen) atoms. The first-order chi connectivity index (χ1) is 19.6. The van der Waals surface area contributed by atoms with E-state index in [1.807, 2.05) is 68.1 Å². The van der Waals surface area contributed by atoms with Gasteiger partial charge in [-0.15, -0.1) is 11.3 Å². The molecule has 3 aromatic heterocycles. The van der Waals surface area contributed by atoms with Crippen molar-refractivity contribution in [2.24, 2.45) is 7.05 Å². The highest BCUT2D eigenvalue weighted by atomic mass is 32.1. The van der Waals surface area contributed by atoms with Gasteiger partial charge in [0.25, 0.3) is 5.91 Å². The second kappa shape index (κ2) is 10.5. The minimum atomic E-state index is -1.07. The van der Waals surface area contributed by atoms with E-state index < -0.39 is 11.1 Å². The van der Waals surface area contributed by atoms with Crippen molar-refractivity contribution in [3.8, 4) is 11.1 Å². The molecule has 1 fully saturated rings. The van der Waals surface area contributed by atoms with Crippen LogP contribution in [0.3, 0.4) is 0 Å². The number of nitrogens with zero attached hydrogens (tertiary/aromatic N) is 4. The lowest BCUT2D eigenvalue weighted by Gasteiger charge is -2.23. The fourth-order valence-electron chi connectivity index (χ4n) is 5.23. The van der Waals surface area contributed by atoms with Crippen LogP contribution in [0.5, 0.6) is 0 Å². The zero-order valence-corrected chi connectivity index (χ0v) is 24.5. The lowest BCUT2D eigenvalue weighted by Crippen LogP contribution is -2.35. The molecule has 0 spiro atoms. The van der Waals surface area contributed by atoms with Crippen LogP contribution >= 0.6 is 11.3 Å². The molecule has 1 amide bonds. The van der Waals surface area contributed by atoms with Crippen molar-refractivity contribution in [1.29, 1.82) is 0 Å². The first-order valence-corrected chi connectivity index (χ1v) is 14.6. The number of thiazole rings is 1. The van der Waals surface area contributed by atoms with Gasteiger partial charge in [0, 0.05) is 35.1 Å². The number of amides is 1. The van der Waals surface area contributed by atoms with Crippen molar-refractivity contribution in [2.45, 2.75) is 58.0 Å². The highest BCUT2D eigenvalue weighted by molar-refractivity contribution is 7.07. The highest BCUT2D eigenvalue weighted by Gasteiger charge is 2.47. The normalized spacial score (nSPS) is 14.4. The molecule has 5 aromatic rings. The van der Waals surface area contributed by atoms with Crippen LogP contribution in [0.15, 0.2) is 65.7 Å². The van der Waals surface area contributed by atoms with Gasteiger partial charge in [0.2, 0.25) is 0 Å². The van der Waals surface area contributed by atoms with Gasteiger partial charge in [-0.1, -0.05) is 18.2 Å². The Morgan fingerprint density at radius 3 is 2.63 bits per heavy atom. The molecule has 9 heteroatoms. The van der Waals surface area contributed by atoms with Gasteiger partial charge in [-0.2, -0.15) is 5.10 Å². The van der Waals surface area contributed by atoms with Crippen molar-refractivity contribution in [1.82, 2.24) is 25.1 Å². The lowest BCUT2D eigenvalue weighted by atomic mass is 9.93. The van der Waals surface area contributed by atoms with Crippen LogP contribution in [0.25, 0.3) is 22.0 Å². The van der Waals surface area contributed by atoms with E-state index in [2.05, 4.69) is 21.5 Å². The summed E-state index contributed by atoms with van der Waals surface area (Å²) in [5, 5.41) is 21.3. The second-order valence-electron chi connectivity index (χ2n) is 11.4. The molecule has 1 saturated carbocycles. The van der Waals surface area contributed by atoms with Gasteiger partial charge in [-0.25, -0.2) is 9.97 Å². The average molecular weight is 568 g/mol. The van der Waals surface area contributed by atoms with E-state index in [9.17, 15) is 9.90 Å². The van der Waals surface area contributed by atoms with Crippen LogP contribution in [0.2, 0.25) is 0 Å². The monoisotopic (exact) mass is 567 g/mol. The zero-order valence-electron chi connectivity index (χ0n) is 23.6. The first-order valence-electron chi connectivity index (χ1n) is 13.7. The molecule has 0 radical (unpaired) electrons. The number of benzene rings is 2. The van der Waals surface area contributed by atoms with Gasteiger partial charge < -0.3 is 15.2 Å². The summed E-state index contributed by atoms with van der Waals surface area (Å²) in [6, 6.07) is 13.9. The van der Waals surface area contributed by atoms with Crippen LogP contribution < -0.4 is 5.32 Å². The number of pyridine rings is 1. The molecule has 6 rings (SSSR count). The number of hydrogen-bond donors (Lipinski definition) is 2. The predicted molar refractivity (Wildman–Crippen MR) is 159 cm³/mol. The van der Waals surface area contributed by atoms with Gasteiger partial charge in [0.15, 0.2) is 0 Å². The Labute approximate surface area is 243 Å². The third-order valence-electron chi connectivity index (χ3n) is 7.63. The lowest BCUT2D eigenvalue weighted by molar-refractivity contribution is 0.0742. The van der Waals surface area contributed by atoms with E-state index in [1.165, 1.54) is 0 Å². The van der Waals surface area contributed by atoms with E-state index >= 15 is 0 Å². The first kappa shape index (κ1) is 27.3. The number of nitrogens with one attached hydrogen (secondary N) is 1. The minimum absolute atomic E-state index is 0.101. The van der Waals surface area contributed by atoms with Crippen molar-refractivity contribution in [3.63, 3.8) is 0 Å². The smallest absolute Gasteiger partial charge is 0.252 e. The number of aromatic nitrogens is 4. The Morgan fingerprint density at radius 2 is 1.98 bits per heavy atom. The largest absolute Gasteiger partial charge is 0.384 e. The maximum absolute atomic E-state index is 13.6. The fourth-order valence-corrected chi connectivity index (χ4v) is 5.78. The van der Waals surface area contributed by atoms with E-state index in [4.69, 9.17) is 9.72 Å². The van der Waals surface area contributed by atoms with Crippen LogP contribution in [-0.2, 0) is 36.1 Å². The SMILES string of the molecule is Cc1cc(COCc2cscn2)ccc1C(=O)NC1(c2cc(-c3cnn(C)c3)cc3nc(C(C)(C)O)ccc23)CC1. The molecule has 2 aromatic carbocycles. The maximum atomic E-state index is 13.6. The molecule has 210 valence electrons. The summed E-state index contributed by atoms with van der Waals surface area (Å²) in [6.45, 7) is 6.34. The van der Waals surface area contributed by atoms with Gasteiger partial charge in [0.05, 0.1) is 47.4 Å². The molecule has 3 heterocycles. The molecular formula is C32H33N5O3S. The van der Waals surface area contributed by atoms with E-state index in [1.54, 1.807) is 35.4 Å². The molecule has 8 nitrogen and oxygen atoms in total. The summed E-state index contributed by atoms with van der Waals surface area (Å²) < 4.78 is 7.57. The molecule has 1 aliphatic rings. The quantitative estimate of drug-likeness (QED) is 0.235. The number of fused-ring (bicyclic) bond motifs is 1. The summed E-state index contributed by atoms with van der Waals surface area (Å²) in [6.07, 6.45) is 5.46. The fraction of sp³-hybridized carbons (Fsp3) is 0.312. The van der Waals surface area contributed by atoms with E-state index in [0.29, 0.717) is 24.5 Å². The zero-order chi connectivity index (χ0) is 28.8. The van der Waals surface area contributed by atoms with Gasteiger partial charge in [0.1, 0.15) is 5.60 Å². The second-order valence-corrected chi connectivity index (χ2v) is 12.1. The molecule has 0 saturated heterocycles. The van der Waals surface area contributed by atoms with Gasteiger partial charge in [-0.3, -0.25) is 9.48 Å². The Morgan fingerprint density at radius 1 is 1.15 bits per heavy atom. The Balaban J connectivity index is 1.29. The average Bonchev–Trinajstić information content (AvgIpc) is 3.29. The number of rotatable bonds is 9. The van der Waals surface area contributed by atoms with Crippen LogP contribution in [-0.4, -0.2) is 30.8 Å². The van der Waals surface area contributed by atoms with Crippen LogP contribution in [0.4, 0.5) is 0 Å². The summed E-state index contributed by atoms with van der Waals surface area (Å²) in [5.74, 6) is -0.101. The number of carbonyl (C=O) groups is 1.